The third kappa shape index (κ3) is 4.53. The molecule has 1 saturated heterocycles. The minimum Gasteiger partial charge on any atom is -0.481 e. The van der Waals surface area contributed by atoms with Gasteiger partial charge in [-0.15, -0.1) is 0 Å². The van der Waals surface area contributed by atoms with Crippen LogP contribution >= 0.6 is 0 Å². The van der Waals surface area contributed by atoms with Gasteiger partial charge in [-0.05, 0) is 6.08 Å². The number of nitrogens with zero attached hydrogens (tertiary/aromatic N) is 1. The van der Waals surface area contributed by atoms with Crippen molar-refractivity contribution in [2.75, 3.05) is 26.2 Å². The van der Waals surface area contributed by atoms with E-state index in [1.165, 1.54) is 6.08 Å². The molecule has 4 nitrogen and oxygen atoms in total. The van der Waals surface area contributed by atoms with Gasteiger partial charge in [0.2, 0.25) is 0 Å². The number of rotatable bonds is 3. The second kappa shape index (κ2) is 6.06. The molecule has 2 N–H and O–H groups in total. The molecule has 0 aromatic rings. The summed E-state index contributed by atoms with van der Waals surface area (Å²) in [4.78, 5) is 12.3. The van der Waals surface area contributed by atoms with Gasteiger partial charge in [-0.2, -0.15) is 0 Å². The highest BCUT2D eigenvalue weighted by atomic mass is 16.4. The predicted molar refractivity (Wildman–Crippen MR) is 52.9 cm³/mol. The summed E-state index contributed by atoms with van der Waals surface area (Å²) in [5.41, 5.74) is 5.51. The highest BCUT2D eigenvalue weighted by Crippen LogP contribution is 1.90. The summed E-state index contributed by atoms with van der Waals surface area (Å²) < 4.78 is 0. The van der Waals surface area contributed by atoms with Gasteiger partial charge in [-0.3, -0.25) is 4.79 Å². The fourth-order valence-corrected chi connectivity index (χ4v) is 1.14. The summed E-state index contributed by atoms with van der Waals surface area (Å²) in [6.07, 6.45) is 3.28. The van der Waals surface area contributed by atoms with E-state index >= 15 is 0 Å². The molecule has 0 amide bonds. The summed E-state index contributed by atoms with van der Waals surface area (Å²) in [7, 11) is 0. The molecule has 1 aliphatic rings. The molecule has 0 atom stereocenters. The lowest BCUT2D eigenvalue weighted by molar-refractivity contribution is -0.135. The summed E-state index contributed by atoms with van der Waals surface area (Å²) in [6.45, 7) is 3.90. The Morgan fingerprint density at radius 3 is 2.79 bits per heavy atom. The molecule has 0 radical (unpaired) electrons. The molecule has 0 aliphatic carbocycles. The van der Waals surface area contributed by atoms with Crippen molar-refractivity contribution in [3.8, 4) is 0 Å². The lowest BCUT2D eigenvalue weighted by Gasteiger charge is -2.24. The minimum atomic E-state index is -0.846. The topological polar surface area (TPSA) is 52.6 Å². The van der Waals surface area contributed by atoms with Gasteiger partial charge in [0.1, 0.15) is 0 Å². The number of piperazine rings is 1. The summed E-state index contributed by atoms with van der Waals surface area (Å²) >= 11 is 0. The van der Waals surface area contributed by atoms with E-state index < -0.39 is 5.97 Å². The van der Waals surface area contributed by atoms with E-state index in [0.29, 0.717) is 0 Å². The fraction of sp³-hybridized carbons (Fsp3) is 0.500. The Labute approximate surface area is 83.2 Å². The van der Waals surface area contributed by atoms with Crippen LogP contribution in [0.5, 0.6) is 0 Å². The Kier molecular flexibility index (Phi) is 4.59. The Balaban J connectivity index is 2.36. The molecule has 0 aromatic heterocycles. The van der Waals surface area contributed by atoms with Crippen molar-refractivity contribution in [3.05, 3.63) is 23.7 Å². The maximum atomic E-state index is 10.1. The quantitative estimate of drug-likeness (QED) is 0.630. The fourth-order valence-electron chi connectivity index (χ4n) is 1.14. The molecule has 76 valence electrons. The van der Waals surface area contributed by atoms with Crippen molar-refractivity contribution in [2.45, 2.75) is 6.42 Å². The number of carboxylic acids is 1. The number of hydrogen-bond donors (Lipinski definition) is 2. The van der Waals surface area contributed by atoms with E-state index in [2.05, 4.69) is 21.7 Å². The van der Waals surface area contributed by atoms with E-state index in [-0.39, 0.29) is 6.42 Å². The maximum absolute atomic E-state index is 10.1. The first-order valence-corrected chi connectivity index (χ1v) is 4.61. The second-order valence-corrected chi connectivity index (χ2v) is 3.01. The van der Waals surface area contributed by atoms with Crippen molar-refractivity contribution >= 4 is 5.97 Å². The number of aliphatic carboxylic acids is 1. The van der Waals surface area contributed by atoms with Crippen LogP contribution in [0, 0.1) is 0 Å². The summed E-state index contributed by atoms with van der Waals surface area (Å²) in [6, 6.07) is 0. The lowest BCUT2D eigenvalue weighted by atomic mass is 10.4. The molecule has 1 heterocycles. The van der Waals surface area contributed by atoms with Gasteiger partial charge >= 0.3 is 5.97 Å². The third-order valence-electron chi connectivity index (χ3n) is 1.86. The van der Waals surface area contributed by atoms with E-state index in [4.69, 9.17) is 5.11 Å². The molecular weight excluding hydrogens is 180 g/mol. The van der Waals surface area contributed by atoms with Crippen molar-refractivity contribution in [1.82, 2.24) is 10.2 Å². The number of hydrogen-bond acceptors (Lipinski definition) is 3. The first-order chi connectivity index (χ1) is 6.79. The van der Waals surface area contributed by atoms with E-state index in [1.54, 1.807) is 0 Å². The van der Waals surface area contributed by atoms with Gasteiger partial charge in [0.05, 0.1) is 12.6 Å². The summed E-state index contributed by atoms with van der Waals surface area (Å²) in [5, 5.41) is 11.6. The van der Waals surface area contributed by atoms with Gasteiger partial charge in [-0.1, -0.05) is 11.5 Å². The third-order valence-corrected chi connectivity index (χ3v) is 1.86. The van der Waals surface area contributed by atoms with Crippen LogP contribution in [-0.2, 0) is 4.79 Å². The maximum Gasteiger partial charge on any atom is 0.307 e. The largest absolute Gasteiger partial charge is 0.481 e. The van der Waals surface area contributed by atoms with Crippen molar-refractivity contribution < 1.29 is 9.90 Å². The molecule has 0 spiro atoms. The van der Waals surface area contributed by atoms with Crippen LogP contribution < -0.4 is 5.32 Å². The number of carboxylic acid groups (broad SMARTS) is 1. The molecule has 0 aromatic carbocycles. The van der Waals surface area contributed by atoms with Crippen LogP contribution in [0.2, 0.25) is 0 Å². The molecule has 1 aliphatic heterocycles. The molecule has 1 rings (SSSR count). The average Bonchev–Trinajstić information content (AvgIpc) is 2.18. The Morgan fingerprint density at radius 2 is 2.14 bits per heavy atom. The van der Waals surface area contributed by atoms with Crippen LogP contribution in [0.3, 0.4) is 0 Å². The molecular formula is C10H14N2O2. The van der Waals surface area contributed by atoms with Gasteiger partial charge in [-0.25, -0.2) is 0 Å². The lowest BCUT2D eigenvalue weighted by Crippen LogP contribution is -2.40. The Morgan fingerprint density at radius 1 is 1.43 bits per heavy atom. The van der Waals surface area contributed by atoms with Crippen LogP contribution in [0.1, 0.15) is 6.42 Å². The highest BCUT2D eigenvalue weighted by molar-refractivity contribution is 5.68. The Hall–Kier alpha value is -1.47. The zero-order valence-corrected chi connectivity index (χ0v) is 7.99. The van der Waals surface area contributed by atoms with Crippen LogP contribution in [-0.4, -0.2) is 42.2 Å². The first kappa shape index (κ1) is 10.6. The molecule has 4 heteroatoms. The van der Waals surface area contributed by atoms with Gasteiger partial charge < -0.3 is 15.3 Å². The predicted octanol–water partition coefficient (Wildman–Crippen LogP) is 0.190. The van der Waals surface area contributed by atoms with Crippen LogP contribution in [0.25, 0.3) is 0 Å². The van der Waals surface area contributed by atoms with Crippen LogP contribution in [0.15, 0.2) is 23.7 Å². The number of nitrogens with one attached hydrogen (secondary N) is 1. The Bertz CT molecular complexity index is 280. The average molecular weight is 194 g/mol. The van der Waals surface area contributed by atoms with E-state index in [0.717, 1.165) is 26.2 Å². The zero-order valence-electron chi connectivity index (χ0n) is 7.99. The smallest absolute Gasteiger partial charge is 0.307 e. The van der Waals surface area contributed by atoms with Crippen molar-refractivity contribution in [1.29, 1.82) is 0 Å². The van der Waals surface area contributed by atoms with Crippen molar-refractivity contribution in [3.63, 3.8) is 0 Å². The highest BCUT2D eigenvalue weighted by Gasteiger charge is 2.02. The molecule has 0 unspecified atom stereocenters. The van der Waals surface area contributed by atoms with E-state index in [9.17, 15) is 4.79 Å². The number of carbonyl (C=O) groups is 1. The first-order valence-electron chi connectivity index (χ1n) is 4.61. The van der Waals surface area contributed by atoms with Gasteiger partial charge in [0.25, 0.3) is 0 Å². The van der Waals surface area contributed by atoms with Gasteiger partial charge in [0, 0.05) is 26.2 Å². The molecule has 0 saturated carbocycles. The van der Waals surface area contributed by atoms with E-state index in [1.807, 2.05) is 6.20 Å². The molecule has 1 fully saturated rings. The normalized spacial score (nSPS) is 15.3. The molecule has 14 heavy (non-hydrogen) atoms. The van der Waals surface area contributed by atoms with Gasteiger partial charge in [0.15, 0.2) is 0 Å². The van der Waals surface area contributed by atoms with Crippen molar-refractivity contribution in [2.24, 2.45) is 0 Å². The standard InChI is InChI=1S/C10H14N2O2/c13-10(14)4-2-1-3-7-12-8-5-11-6-9-12/h2,7,11H,4-6,8-9H2,(H,13,14). The SMILES string of the molecule is O=C(O)CC=C=C=CN1CCNCC1. The second-order valence-electron chi connectivity index (χ2n) is 3.01. The van der Waals surface area contributed by atoms with Crippen LogP contribution in [0.4, 0.5) is 0 Å². The zero-order chi connectivity index (χ0) is 10.2. The monoisotopic (exact) mass is 194 g/mol. The minimum absolute atomic E-state index is 0.00238. The molecule has 0 bridgehead atoms. The summed E-state index contributed by atoms with van der Waals surface area (Å²) in [5.74, 6) is -0.846.